The molecule has 0 unspecified atom stereocenters. The summed E-state index contributed by atoms with van der Waals surface area (Å²) in [5.74, 6) is 1.67. The number of ether oxygens (including phenoxy) is 2. The number of benzene rings is 2. The van der Waals surface area contributed by atoms with E-state index in [4.69, 9.17) is 13.9 Å². The maximum absolute atomic E-state index is 13.6. The van der Waals surface area contributed by atoms with Crippen molar-refractivity contribution < 1.29 is 18.7 Å². The molecule has 0 N–H and O–H groups in total. The molecular weight excluding hydrogens is 430 g/mol. The minimum atomic E-state index is 0.0581. The largest absolute Gasteiger partial charge is 0.454 e. The van der Waals surface area contributed by atoms with Crippen LogP contribution in [0, 0.1) is 6.92 Å². The van der Waals surface area contributed by atoms with Gasteiger partial charge in [-0.2, -0.15) is 0 Å². The number of piperazine rings is 1. The van der Waals surface area contributed by atoms with Crippen molar-refractivity contribution >= 4 is 17.0 Å². The zero-order valence-electron chi connectivity index (χ0n) is 19.2. The Hall–Kier alpha value is -3.71. The fourth-order valence-electron chi connectivity index (χ4n) is 4.84. The van der Waals surface area contributed by atoms with Crippen LogP contribution < -0.4 is 9.47 Å². The van der Waals surface area contributed by atoms with Crippen molar-refractivity contribution in [1.29, 1.82) is 0 Å². The van der Waals surface area contributed by atoms with Crippen molar-refractivity contribution in [2.45, 2.75) is 20.0 Å². The summed E-state index contributed by atoms with van der Waals surface area (Å²) >= 11 is 0. The second-order valence-corrected chi connectivity index (χ2v) is 8.98. The van der Waals surface area contributed by atoms with Crippen LogP contribution in [0.3, 0.4) is 0 Å². The lowest BCUT2D eigenvalue weighted by Gasteiger charge is -2.35. The monoisotopic (exact) mass is 457 g/mol. The SMILES string of the molecule is Cc1ccccc1Cn1c(C(=O)N2CCN(Cc3ccc4c(c3)OCO4)CC2)cc2ccoc21. The zero-order valence-corrected chi connectivity index (χ0v) is 19.2. The molecule has 0 spiro atoms. The average Bonchev–Trinajstić information content (AvgIpc) is 3.58. The third-order valence-electron chi connectivity index (χ3n) is 6.81. The van der Waals surface area contributed by atoms with Gasteiger partial charge in [-0.05, 0) is 47.9 Å². The van der Waals surface area contributed by atoms with Gasteiger partial charge >= 0.3 is 0 Å². The quantitative estimate of drug-likeness (QED) is 0.448. The Balaban J connectivity index is 1.16. The first-order chi connectivity index (χ1) is 16.7. The first-order valence-electron chi connectivity index (χ1n) is 11.7. The first kappa shape index (κ1) is 20.9. The Bertz CT molecular complexity index is 1350. The molecule has 1 saturated heterocycles. The van der Waals surface area contributed by atoms with E-state index in [-0.39, 0.29) is 12.7 Å². The summed E-state index contributed by atoms with van der Waals surface area (Å²) in [7, 11) is 0. The molecule has 7 heteroatoms. The Morgan fingerprint density at radius 3 is 2.59 bits per heavy atom. The highest BCUT2D eigenvalue weighted by Crippen LogP contribution is 2.33. The second-order valence-electron chi connectivity index (χ2n) is 8.98. The lowest BCUT2D eigenvalue weighted by atomic mass is 10.1. The van der Waals surface area contributed by atoms with Crippen LogP contribution in [0.1, 0.15) is 27.2 Å². The molecule has 0 radical (unpaired) electrons. The molecule has 174 valence electrons. The first-order valence-corrected chi connectivity index (χ1v) is 11.7. The van der Waals surface area contributed by atoms with Crippen LogP contribution in [0.25, 0.3) is 11.1 Å². The number of aryl methyl sites for hydroxylation is 1. The molecule has 0 bridgehead atoms. The molecule has 0 aliphatic carbocycles. The molecule has 0 saturated carbocycles. The topological polar surface area (TPSA) is 60.1 Å². The second kappa shape index (κ2) is 8.57. The molecule has 6 rings (SSSR count). The van der Waals surface area contributed by atoms with Gasteiger partial charge in [0.1, 0.15) is 5.69 Å². The van der Waals surface area contributed by atoms with Gasteiger partial charge in [-0.3, -0.25) is 9.69 Å². The van der Waals surface area contributed by atoms with Gasteiger partial charge < -0.3 is 23.4 Å². The molecule has 1 amide bonds. The van der Waals surface area contributed by atoms with E-state index in [2.05, 4.69) is 30.0 Å². The van der Waals surface area contributed by atoms with E-state index in [0.29, 0.717) is 25.3 Å². The predicted octanol–water partition coefficient (Wildman–Crippen LogP) is 4.28. The number of fused-ring (bicyclic) bond motifs is 2. The Labute approximate surface area is 198 Å². The molecule has 2 aliphatic rings. The number of amides is 1. The van der Waals surface area contributed by atoms with E-state index in [0.717, 1.165) is 42.2 Å². The molecule has 0 atom stereocenters. The van der Waals surface area contributed by atoms with E-state index < -0.39 is 0 Å². The van der Waals surface area contributed by atoms with Crippen molar-refractivity contribution in [3.63, 3.8) is 0 Å². The van der Waals surface area contributed by atoms with Crippen molar-refractivity contribution in [3.05, 3.63) is 83.2 Å². The van der Waals surface area contributed by atoms with Crippen LogP contribution in [-0.2, 0) is 13.1 Å². The van der Waals surface area contributed by atoms with E-state index in [9.17, 15) is 4.79 Å². The van der Waals surface area contributed by atoms with Gasteiger partial charge in [-0.1, -0.05) is 30.3 Å². The van der Waals surface area contributed by atoms with Crippen molar-refractivity contribution in [2.75, 3.05) is 33.0 Å². The number of hydrogen-bond donors (Lipinski definition) is 0. The minimum absolute atomic E-state index is 0.0581. The molecule has 34 heavy (non-hydrogen) atoms. The smallest absolute Gasteiger partial charge is 0.270 e. The van der Waals surface area contributed by atoms with Gasteiger partial charge in [-0.15, -0.1) is 0 Å². The normalized spacial score (nSPS) is 15.9. The summed E-state index contributed by atoms with van der Waals surface area (Å²) < 4.78 is 18.7. The summed E-state index contributed by atoms with van der Waals surface area (Å²) in [6.07, 6.45) is 1.68. The summed E-state index contributed by atoms with van der Waals surface area (Å²) in [6.45, 7) is 6.86. The number of carbonyl (C=O) groups is 1. The van der Waals surface area contributed by atoms with Crippen molar-refractivity contribution in [2.24, 2.45) is 0 Å². The van der Waals surface area contributed by atoms with Gasteiger partial charge in [-0.25, -0.2) is 0 Å². The van der Waals surface area contributed by atoms with Gasteiger partial charge in [0.15, 0.2) is 11.5 Å². The number of aromatic nitrogens is 1. The average molecular weight is 458 g/mol. The predicted molar refractivity (Wildman–Crippen MR) is 128 cm³/mol. The maximum atomic E-state index is 13.6. The Morgan fingerprint density at radius 2 is 1.74 bits per heavy atom. The molecule has 4 heterocycles. The molecular formula is C27H27N3O4. The van der Waals surface area contributed by atoms with E-state index in [1.165, 1.54) is 16.7 Å². The number of carbonyl (C=O) groups excluding carboxylic acids is 1. The molecule has 2 aliphatic heterocycles. The van der Waals surface area contributed by atoms with Gasteiger partial charge in [0, 0.05) is 38.1 Å². The standard InChI is InChI=1S/C27H27N3O4/c1-19-4-2-3-5-22(19)17-30-23(15-21-8-13-32-27(21)30)26(31)29-11-9-28(10-12-29)16-20-6-7-24-25(14-20)34-18-33-24/h2-8,13-15H,9-12,16-18H2,1H3. The Kier molecular flexibility index (Phi) is 5.26. The highest BCUT2D eigenvalue weighted by atomic mass is 16.7. The van der Waals surface area contributed by atoms with Crippen LogP contribution >= 0.6 is 0 Å². The van der Waals surface area contributed by atoms with E-state index in [1.807, 2.05) is 45.9 Å². The van der Waals surface area contributed by atoms with E-state index >= 15 is 0 Å². The van der Waals surface area contributed by atoms with E-state index in [1.54, 1.807) is 6.26 Å². The van der Waals surface area contributed by atoms with Crippen LogP contribution in [-0.4, -0.2) is 53.2 Å². The minimum Gasteiger partial charge on any atom is -0.454 e. The van der Waals surface area contributed by atoms with Gasteiger partial charge in [0.25, 0.3) is 5.91 Å². The third-order valence-corrected chi connectivity index (χ3v) is 6.81. The van der Waals surface area contributed by atoms with Crippen LogP contribution in [0.2, 0.25) is 0 Å². The third kappa shape index (κ3) is 3.82. The molecule has 7 nitrogen and oxygen atoms in total. The number of rotatable bonds is 5. The highest BCUT2D eigenvalue weighted by Gasteiger charge is 2.26. The molecule has 2 aromatic heterocycles. The lowest BCUT2D eigenvalue weighted by molar-refractivity contribution is 0.0618. The summed E-state index contributed by atoms with van der Waals surface area (Å²) in [5, 5.41) is 0.957. The number of hydrogen-bond acceptors (Lipinski definition) is 5. The van der Waals surface area contributed by atoms with Crippen molar-refractivity contribution in [3.8, 4) is 11.5 Å². The van der Waals surface area contributed by atoms with Crippen molar-refractivity contribution in [1.82, 2.24) is 14.4 Å². The molecule has 4 aromatic rings. The summed E-state index contributed by atoms with van der Waals surface area (Å²) in [6, 6.07) is 18.2. The lowest BCUT2D eigenvalue weighted by Crippen LogP contribution is -2.48. The maximum Gasteiger partial charge on any atom is 0.270 e. The Morgan fingerprint density at radius 1 is 0.912 bits per heavy atom. The number of furan rings is 1. The van der Waals surface area contributed by atoms with Gasteiger partial charge in [0.2, 0.25) is 12.5 Å². The molecule has 2 aromatic carbocycles. The van der Waals surface area contributed by atoms with Crippen LogP contribution in [0.4, 0.5) is 0 Å². The fourth-order valence-corrected chi connectivity index (χ4v) is 4.84. The summed E-state index contributed by atoms with van der Waals surface area (Å²) in [4.78, 5) is 17.9. The molecule has 1 fully saturated rings. The number of nitrogens with zero attached hydrogens (tertiary/aromatic N) is 3. The van der Waals surface area contributed by atoms with Crippen LogP contribution in [0.5, 0.6) is 11.5 Å². The zero-order chi connectivity index (χ0) is 23.1. The van der Waals surface area contributed by atoms with Gasteiger partial charge in [0.05, 0.1) is 12.8 Å². The van der Waals surface area contributed by atoms with Crippen LogP contribution in [0.15, 0.2) is 65.3 Å². The summed E-state index contributed by atoms with van der Waals surface area (Å²) in [5.41, 5.74) is 5.00. The highest BCUT2D eigenvalue weighted by molar-refractivity contribution is 5.97. The fraction of sp³-hybridized carbons (Fsp3) is 0.296.